The van der Waals surface area contributed by atoms with Crippen LogP contribution in [-0.4, -0.2) is 32.2 Å². The lowest BCUT2D eigenvalue weighted by Crippen LogP contribution is -2.30. The smallest absolute Gasteiger partial charge is 0.311 e. The minimum Gasteiger partial charge on any atom is -0.493 e. The molecule has 0 unspecified atom stereocenters. The van der Waals surface area contributed by atoms with Gasteiger partial charge in [0.15, 0.2) is 17.6 Å². The van der Waals surface area contributed by atoms with E-state index < -0.39 is 23.8 Å². The van der Waals surface area contributed by atoms with Crippen molar-refractivity contribution in [3.8, 4) is 11.5 Å². The van der Waals surface area contributed by atoms with Crippen LogP contribution in [-0.2, 0) is 20.7 Å². The highest BCUT2D eigenvalue weighted by Gasteiger charge is 2.19. The average Bonchev–Trinajstić information content (AvgIpc) is 2.61. The first kappa shape index (κ1) is 19.2. The van der Waals surface area contributed by atoms with Gasteiger partial charge in [0.2, 0.25) is 0 Å². The van der Waals surface area contributed by atoms with Crippen LogP contribution in [0.25, 0.3) is 0 Å². The number of benzene rings is 2. The van der Waals surface area contributed by atoms with Gasteiger partial charge in [-0.05, 0) is 36.8 Å². The fraction of sp³-hybridized carbons (Fsp3) is 0.263. The third-order valence-corrected chi connectivity index (χ3v) is 3.57. The van der Waals surface area contributed by atoms with Crippen molar-refractivity contribution in [2.24, 2.45) is 0 Å². The highest BCUT2D eigenvalue weighted by Crippen LogP contribution is 2.29. The molecular weight excluding hydrogens is 341 g/mol. The lowest BCUT2D eigenvalue weighted by Gasteiger charge is -2.15. The summed E-state index contributed by atoms with van der Waals surface area (Å²) in [6.45, 7) is 1.46. The quantitative estimate of drug-likeness (QED) is 0.768. The predicted molar refractivity (Wildman–Crippen MR) is 93.8 cm³/mol. The van der Waals surface area contributed by atoms with Gasteiger partial charge in [-0.2, -0.15) is 0 Å². The molecule has 1 N–H and O–H groups in total. The second-order valence-electron chi connectivity index (χ2n) is 5.50. The SMILES string of the molecule is COc1ccc(NC(=O)[C@@H](C)OC(=O)Cc2cccc(F)c2)cc1OC. The highest BCUT2D eigenvalue weighted by molar-refractivity contribution is 5.95. The van der Waals surface area contributed by atoms with Gasteiger partial charge in [-0.3, -0.25) is 9.59 Å². The van der Waals surface area contributed by atoms with Crippen LogP contribution >= 0.6 is 0 Å². The molecule has 0 aliphatic carbocycles. The first-order valence-corrected chi connectivity index (χ1v) is 7.89. The van der Waals surface area contributed by atoms with Crippen LogP contribution in [0, 0.1) is 5.82 Å². The number of rotatable bonds is 7. The molecule has 0 saturated heterocycles. The van der Waals surface area contributed by atoms with Crippen molar-refractivity contribution in [1.29, 1.82) is 0 Å². The first-order valence-electron chi connectivity index (χ1n) is 7.89. The van der Waals surface area contributed by atoms with E-state index in [1.165, 1.54) is 39.3 Å². The van der Waals surface area contributed by atoms with Gasteiger partial charge < -0.3 is 19.5 Å². The Morgan fingerprint density at radius 1 is 1.08 bits per heavy atom. The molecule has 7 heteroatoms. The standard InChI is InChI=1S/C19H20FNO5/c1-12(26-18(22)10-13-5-4-6-14(20)9-13)19(23)21-15-7-8-16(24-2)17(11-15)25-3/h4-9,11-12H,10H2,1-3H3,(H,21,23)/t12-/m1/s1. The predicted octanol–water partition coefficient (Wildman–Crippen LogP) is 2.96. The van der Waals surface area contributed by atoms with Crippen LogP contribution < -0.4 is 14.8 Å². The summed E-state index contributed by atoms with van der Waals surface area (Å²) in [5.74, 6) is -0.564. The number of carbonyl (C=O) groups is 2. The normalized spacial score (nSPS) is 11.4. The number of carbonyl (C=O) groups excluding carboxylic acids is 2. The van der Waals surface area contributed by atoms with E-state index in [9.17, 15) is 14.0 Å². The van der Waals surface area contributed by atoms with E-state index in [2.05, 4.69) is 5.32 Å². The molecule has 26 heavy (non-hydrogen) atoms. The van der Waals surface area contributed by atoms with Crippen molar-refractivity contribution in [3.05, 3.63) is 53.8 Å². The molecular formula is C19H20FNO5. The summed E-state index contributed by atoms with van der Waals surface area (Å²) in [5, 5.41) is 2.63. The zero-order chi connectivity index (χ0) is 19.1. The average molecular weight is 361 g/mol. The Morgan fingerprint density at radius 2 is 1.81 bits per heavy atom. The molecule has 0 fully saturated rings. The van der Waals surface area contributed by atoms with Crippen LogP contribution in [0.5, 0.6) is 11.5 Å². The van der Waals surface area contributed by atoms with E-state index in [1.807, 2.05) is 0 Å². The van der Waals surface area contributed by atoms with Gasteiger partial charge in [0.1, 0.15) is 5.82 Å². The Hall–Kier alpha value is -3.09. The maximum absolute atomic E-state index is 13.1. The Bertz CT molecular complexity index is 793. The van der Waals surface area contributed by atoms with Crippen molar-refractivity contribution in [3.63, 3.8) is 0 Å². The highest BCUT2D eigenvalue weighted by atomic mass is 19.1. The van der Waals surface area contributed by atoms with Gasteiger partial charge in [-0.1, -0.05) is 12.1 Å². The lowest BCUT2D eigenvalue weighted by molar-refractivity contribution is -0.152. The molecule has 2 rings (SSSR count). The number of nitrogens with one attached hydrogen (secondary N) is 1. The largest absolute Gasteiger partial charge is 0.493 e. The topological polar surface area (TPSA) is 73.9 Å². The number of amides is 1. The second-order valence-corrected chi connectivity index (χ2v) is 5.50. The summed E-state index contributed by atoms with van der Waals surface area (Å²) in [7, 11) is 3.00. The molecule has 0 heterocycles. The van der Waals surface area contributed by atoms with Crippen molar-refractivity contribution in [2.75, 3.05) is 19.5 Å². The molecule has 0 spiro atoms. The summed E-state index contributed by atoms with van der Waals surface area (Å²) in [5.41, 5.74) is 0.947. The summed E-state index contributed by atoms with van der Waals surface area (Å²) in [6.07, 6.45) is -1.13. The summed E-state index contributed by atoms with van der Waals surface area (Å²) in [4.78, 5) is 24.1. The molecule has 0 radical (unpaired) electrons. The molecule has 2 aromatic rings. The van der Waals surface area contributed by atoms with Gasteiger partial charge >= 0.3 is 5.97 Å². The zero-order valence-corrected chi connectivity index (χ0v) is 14.7. The lowest BCUT2D eigenvalue weighted by atomic mass is 10.1. The molecule has 6 nitrogen and oxygen atoms in total. The van der Waals surface area contributed by atoms with E-state index in [4.69, 9.17) is 14.2 Å². The van der Waals surface area contributed by atoms with Crippen molar-refractivity contribution < 1.29 is 28.2 Å². The minimum absolute atomic E-state index is 0.119. The Kier molecular flexibility index (Phi) is 6.54. The number of methoxy groups -OCH3 is 2. The van der Waals surface area contributed by atoms with Crippen LogP contribution in [0.15, 0.2) is 42.5 Å². The number of esters is 1. The first-order chi connectivity index (χ1) is 12.4. The van der Waals surface area contributed by atoms with Gasteiger partial charge in [-0.15, -0.1) is 0 Å². The van der Waals surface area contributed by atoms with Gasteiger partial charge in [-0.25, -0.2) is 4.39 Å². The number of ether oxygens (including phenoxy) is 3. The second kappa shape index (κ2) is 8.84. The maximum atomic E-state index is 13.1. The maximum Gasteiger partial charge on any atom is 0.311 e. The Labute approximate surface area is 150 Å². The third kappa shape index (κ3) is 5.20. The van der Waals surface area contributed by atoms with Crippen molar-refractivity contribution in [1.82, 2.24) is 0 Å². The molecule has 0 aliphatic rings. The summed E-state index contributed by atoms with van der Waals surface area (Å²) in [6, 6.07) is 10.5. The molecule has 2 aromatic carbocycles. The Balaban J connectivity index is 1.93. The number of anilines is 1. The van der Waals surface area contributed by atoms with E-state index in [1.54, 1.807) is 24.3 Å². The fourth-order valence-corrected chi connectivity index (χ4v) is 2.26. The number of halogens is 1. The molecule has 1 amide bonds. The van der Waals surface area contributed by atoms with Crippen molar-refractivity contribution >= 4 is 17.6 Å². The van der Waals surface area contributed by atoms with Crippen LogP contribution in [0.3, 0.4) is 0 Å². The monoisotopic (exact) mass is 361 g/mol. The van der Waals surface area contributed by atoms with Crippen LogP contribution in [0.1, 0.15) is 12.5 Å². The van der Waals surface area contributed by atoms with Crippen molar-refractivity contribution in [2.45, 2.75) is 19.4 Å². The zero-order valence-electron chi connectivity index (χ0n) is 14.7. The summed E-state index contributed by atoms with van der Waals surface area (Å²) >= 11 is 0. The molecule has 0 aromatic heterocycles. The van der Waals surface area contributed by atoms with Gasteiger partial charge in [0.25, 0.3) is 5.91 Å². The van der Waals surface area contributed by atoms with E-state index in [0.717, 1.165) is 0 Å². The molecule has 1 atom stereocenters. The Morgan fingerprint density at radius 3 is 2.46 bits per heavy atom. The van der Waals surface area contributed by atoms with Crippen LogP contribution in [0.4, 0.5) is 10.1 Å². The van der Waals surface area contributed by atoms with Crippen LogP contribution in [0.2, 0.25) is 0 Å². The molecule has 0 bridgehead atoms. The van der Waals surface area contributed by atoms with Gasteiger partial charge in [0, 0.05) is 11.8 Å². The third-order valence-electron chi connectivity index (χ3n) is 3.57. The molecule has 0 saturated carbocycles. The molecule has 0 aliphatic heterocycles. The van der Waals surface area contributed by atoms with Gasteiger partial charge in [0.05, 0.1) is 20.6 Å². The minimum atomic E-state index is -1.01. The molecule has 138 valence electrons. The van der Waals surface area contributed by atoms with E-state index in [0.29, 0.717) is 22.7 Å². The fourth-order valence-electron chi connectivity index (χ4n) is 2.26. The van der Waals surface area contributed by atoms with E-state index >= 15 is 0 Å². The summed E-state index contributed by atoms with van der Waals surface area (Å²) < 4.78 is 28.5. The number of hydrogen-bond donors (Lipinski definition) is 1. The van der Waals surface area contributed by atoms with E-state index in [-0.39, 0.29) is 6.42 Å². The number of hydrogen-bond acceptors (Lipinski definition) is 5.